The first-order valence-corrected chi connectivity index (χ1v) is 3.82. The van der Waals surface area contributed by atoms with Crippen molar-refractivity contribution in [2.45, 2.75) is 12.8 Å². The van der Waals surface area contributed by atoms with Crippen LogP contribution in [0.3, 0.4) is 0 Å². The van der Waals surface area contributed by atoms with E-state index in [-0.39, 0.29) is 5.92 Å². The summed E-state index contributed by atoms with van der Waals surface area (Å²) in [5.74, 6) is -1.18. The number of carboxylic acid groups (broad SMARTS) is 2. The summed E-state index contributed by atoms with van der Waals surface area (Å²) in [6.45, 7) is 0.679. The van der Waals surface area contributed by atoms with Crippen molar-refractivity contribution < 1.29 is 19.8 Å². The Balaban J connectivity index is 2.39. The summed E-state index contributed by atoms with van der Waals surface area (Å²) >= 11 is 0. The van der Waals surface area contributed by atoms with Crippen molar-refractivity contribution in [2.75, 3.05) is 13.1 Å². The van der Waals surface area contributed by atoms with E-state index < -0.39 is 12.1 Å². The van der Waals surface area contributed by atoms with Gasteiger partial charge in [0.15, 0.2) is 0 Å². The normalized spacial score (nSPS) is 19.2. The number of piperidine rings is 1. The Morgan fingerprint density at radius 3 is 2.00 bits per heavy atom. The lowest BCUT2D eigenvalue weighted by Crippen LogP contribution is -2.39. The summed E-state index contributed by atoms with van der Waals surface area (Å²) in [7, 11) is 0. The van der Waals surface area contributed by atoms with Crippen LogP contribution in [0, 0.1) is 5.92 Å². The number of amides is 1. The van der Waals surface area contributed by atoms with Gasteiger partial charge in [0, 0.05) is 13.1 Å². The predicted molar refractivity (Wildman–Crippen MR) is 40.0 cm³/mol. The maximum absolute atomic E-state index is 10.5. The second-order valence-electron chi connectivity index (χ2n) is 2.88. The largest absolute Gasteiger partial charge is 0.481 e. The number of aliphatic carboxylic acids is 1. The minimum Gasteiger partial charge on any atom is -0.481 e. The molecule has 0 saturated carbocycles. The first-order chi connectivity index (χ1) is 5.61. The van der Waals surface area contributed by atoms with Gasteiger partial charge in [-0.1, -0.05) is 0 Å². The highest BCUT2D eigenvalue weighted by atomic mass is 16.4. The van der Waals surface area contributed by atoms with Crippen molar-refractivity contribution in [1.29, 1.82) is 0 Å². The average Bonchev–Trinajstić information content (AvgIpc) is 2.04. The van der Waals surface area contributed by atoms with E-state index in [9.17, 15) is 9.59 Å². The van der Waals surface area contributed by atoms with Gasteiger partial charge in [-0.05, 0) is 12.8 Å². The van der Waals surface area contributed by atoms with Gasteiger partial charge in [-0.15, -0.1) is 0 Å². The fourth-order valence-corrected chi connectivity index (χ4v) is 1.32. The molecule has 5 nitrogen and oxygen atoms in total. The van der Waals surface area contributed by atoms with E-state index in [1.165, 1.54) is 4.90 Å². The Morgan fingerprint density at radius 2 is 1.67 bits per heavy atom. The van der Waals surface area contributed by atoms with E-state index in [0.717, 1.165) is 0 Å². The van der Waals surface area contributed by atoms with Crippen molar-refractivity contribution in [3.63, 3.8) is 0 Å². The van der Waals surface area contributed by atoms with Crippen LogP contribution >= 0.6 is 0 Å². The number of rotatable bonds is 1. The van der Waals surface area contributed by atoms with E-state index >= 15 is 0 Å². The smallest absolute Gasteiger partial charge is 0.407 e. The molecule has 1 saturated heterocycles. The number of hydrogen-bond donors (Lipinski definition) is 2. The van der Waals surface area contributed by atoms with Crippen molar-refractivity contribution in [2.24, 2.45) is 5.92 Å². The first-order valence-electron chi connectivity index (χ1n) is 3.82. The predicted octanol–water partition coefficient (Wildman–Crippen LogP) is 0.461. The van der Waals surface area contributed by atoms with Gasteiger partial charge in [-0.25, -0.2) is 4.79 Å². The molecule has 1 amide bonds. The molecule has 1 rings (SSSR count). The third-order valence-electron chi connectivity index (χ3n) is 2.11. The molecule has 68 valence electrons. The summed E-state index contributed by atoms with van der Waals surface area (Å²) < 4.78 is 0. The van der Waals surface area contributed by atoms with Gasteiger partial charge in [-0.3, -0.25) is 4.79 Å². The number of likely N-dealkylation sites (tertiary alicyclic amines) is 1. The fraction of sp³-hybridized carbons (Fsp3) is 0.714. The number of nitrogens with zero attached hydrogens (tertiary/aromatic N) is 1. The Hall–Kier alpha value is -1.26. The zero-order valence-corrected chi connectivity index (χ0v) is 6.56. The molecule has 1 fully saturated rings. The van der Waals surface area contributed by atoms with Crippen LogP contribution in [0.2, 0.25) is 0 Å². The lowest BCUT2D eigenvalue weighted by molar-refractivity contribution is -0.143. The Morgan fingerprint density at radius 1 is 1.17 bits per heavy atom. The van der Waals surface area contributed by atoms with Gasteiger partial charge in [0.25, 0.3) is 0 Å². The summed E-state index contributed by atoms with van der Waals surface area (Å²) in [6, 6.07) is 0. The summed E-state index contributed by atoms with van der Waals surface area (Å²) in [5, 5.41) is 17.1. The van der Waals surface area contributed by atoms with Gasteiger partial charge in [-0.2, -0.15) is 0 Å². The average molecular weight is 173 g/mol. The first kappa shape index (κ1) is 8.83. The van der Waals surface area contributed by atoms with Crippen molar-refractivity contribution in [3.05, 3.63) is 0 Å². The molecule has 0 aromatic heterocycles. The maximum Gasteiger partial charge on any atom is 0.407 e. The fourth-order valence-electron chi connectivity index (χ4n) is 1.32. The molecule has 1 aliphatic rings. The van der Waals surface area contributed by atoms with Crippen LogP contribution in [0.1, 0.15) is 12.8 Å². The third-order valence-corrected chi connectivity index (χ3v) is 2.11. The molecule has 0 aromatic rings. The molecule has 5 heteroatoms. The molecule has 1 heterocycles. The zero-order valence-electron chi connectivity index (χ0n) is 6.56. The molecule has 0 aromatic carbocycles. The van der Waals surface area contributed by atoms with E-state index in [0.29, 0.717) is 25.9 Å². The lowest BCUT2D eigenvalue weighted by atomic mass is 9.97. The molecule has 0 spiro atoms. The number of hydrogen-bond acceptors (Lipinski definition) is 2. The monoisotopic (exact) mass is 173 g/mol. The minimum absolute atomic E-state index is 0.340. The van der Waals surface area contributed by atoms with Gasteiger partial charge in [0.1, 0.15) is 0 Å². The second kappa shape index (κ2) is 3.42. The molecular formula is C7H11NO4. The van der Waals surface area contributed by atoms with Crippen LogP contribution < -0.4 is 0 Å². The highest BCUT2D eigenvalue weighted by Gasteiger charge is 2.26. The van der Waals surface area contributed by atoms with E-state index in [1.54, 1.807) is 0 Å². The summed E-state index contributed by atoms with van der Waals surface area (Å²) in [5.41, 5.74) is 0. The molecule has 0 bridgehead atoms. The van der Waals surface area contributed by atoms with Crippen LogP contribution in [0.4, 0.5) is 4.79 Å². The second-order valence-corrected chi connectivity index (χ2v) is 2.88. The van der Waals surface area contributed by atoms with E-state index in [4.69, 9.17) is 10.2 Å². The van der Waals surface area contributed by atoms with Crippen LogP contribution in [0.15, 0.2) is 0 Å². The standard InChI is InChI=1S/C7H11NO4/c9-6(10)5-1-3-8(4-2-5)7(11)12/h5H,1-4H2,(H,9,10)(H,11,12). The molecule has 0 atom stereocenters. The molecular weight excluding hydrogens is 162 g/mol. The topological polar surface area (TPSA) is 77.8 Å². The van der Waals surface area contributed by atoms with Crippen molar-refractivity contribution >= 4 is 12.1 Å². The van der Waals surface area contributed by atoms with Crippen LogP contribution in [0.25, 0.3) is 0 Å². The van der Waals surface area contributed by atoms with Crippen molar-refractivity contribution in [3.8, 4) is 0 Å². The molecule has 0 radical (unpaired) electrons. The number of carbonyl (C=O) groups is 2. The van der Waals surface area contributed by atoms with Crippen LogP contribution in [-0.4, -0.2) is 40.3 Å². The van der Waals surface area contributed by atoms with Crippen molar-refractivity contribution in [1.82, 2.24) is 4.90 Å². The van der Waals surface area contributed by atoms with Gasteiger partial charge in [0.05, 0.1) is 5.92 Å². The molecule has 2 N–H and O–H groups in total. The van der Waals surface area contributed by atoms with E-state index in [2.05, 4.69) is 0 Å². The molecule has 12 heavy (non-hydrogen) atoms. The summed E-state index contributed by atoms with van der Waals surface area (Å²) in [6.07, 6.45) is -0.0951. The quantitative estimate of drug-likeness (QED) is 0.603. The van der Waals surface area contributed by atoms with Gasteiger partial charge >= 0.3 is 12.1 Å². The maximum atomic E-state index is 10.5. The molecule has 0 aliphatic carbocycles. The highest BCUT2D eigenvalue weighted by Crippen LogP contribution is 2.16. The number of carboxylic acids is 1. The lowest BCUT2D eigenvalue weighted by Gasteiger charge is -2.27. The van der Waals surface area contributed by atoms with Gasteiger partial charge in [0.2, 0.25) is 0 Å². The Kier molecular flexibility index (Phi) is 2.52. The Labute approximate surface area is 69.6 Å². The zero-order chi connectivity index (χ0) is 9.14. The Bertz CT molecular complexity index is 174. The molecule has 0 unspecified atom stereocenters. The van der Waals surface area contributed by atoms with Crippen LogP contribution in [0.5, 0.6) is 0 Å². The minimum atomic E-state index is -0.959. The SMILES string of the molecule is O=C(O)C1CCN(C(=O)O)CC1. The highest BCUT2D eigenvalue weighted by molar-refractivity contribution is 5.71. The summed E-state index contributed by atoms with van der Waals surface area (Å²) in [4.78, 5) is 22.1. The van der Waals surface area contributed by atoms with E-state index in [1.807, 2.05) is 0 Å². The third kappa shape index (κ3) is 1.87. The molecule has 1 aliphatic heterocycles. The van der Waals surface area contributed by atoms with Crippen LogP contribution in [-0.2, 0) is 4.79 Å². The van der Waals surface area contributed by atoms with Gasteiger partial charge < -0.3 is 15.1 Å².